The minimum Gasteiger partial charge on any atom is -0.497 e. The van der Waals surface area contributed by atoms with E-state index in [1.54, 1.807) is 42.5 Å². The Morgan fingerprint density at radius 3 is 2.18 bits per heavy atom. The summed E-state index contributed by atoms with van der Waals surface area (Å²) < 4.78 is 37.0. The number of carbonyl (C=O) groups is 1. The van der Waals surface area contributed by atoms with E-state index in [0.717, 1.165) is 11.8 Å². The van der Waals surface area contributed by atoms with Crippen molar-refractivity contribution in [1.82, 2.24) is 5.32 Å². The van der Waals surface area contributed by atoms with E-state index in [1.165, 1.54) is 18.5 Å². The second-order valence-electron chi connectivity index (χ2n) is 7.64. The number of nitrogens with zero attached hydrogens (tertiary/aromatic N) is 1. The zero-order valence-electron chi connectivity index (χ0n) is 19.2. The van der Waals surface area contributed by atoms with Crippen molar-refractivity contribution < 1.29 is 22.7 Å². The molecule has 0 saturated heterocycles. The number of ether oxygens (including phenoxy) is 2. The standard InChI is InChI=1S/C25H27ClN2O5S/c1-32-22-12-13-24(33-2)23(16-22)28(34(3,30)31)17-19-4-8-20(9-5-19)25(29)27-15-14-18-6-10-21(26)11-7-18/h4-13,16H,14-15,17H2,1-3H3,(H,27,29). The van der Waals surface area contributed by atoms with Gasteiger partial charge in [0.25, 0.3) is 5.91 Å². The van der Waals surface area contributed by atoms with E-state index in [4.69, 9.17) is 21.1 Å². The van der Waals surface area contributed by atoms with Crippen LogP contribution in [0.15, 0.2) is 66.7 Å². The summed E-state index contributed by atoms with van der Waals surface area (Å²) in [7, 11) is -0.643. The number of hydrogen-bond acceptors (Lipinski definition) is 5. The Kier molecular flexibility index (Phi) is 8.41. The molecule has 3 aromatic carbocycles. The van der Waals surface area contributed by atoms with Gasteiger partial charge in [-0.15, -0.1) is 0 Å². The van der Waals surface area contributed by atoms with Gasteiger partial charge < -0.3 is 14.8 Å². The smallest absolute Gasteiger partial charge is 0.251 e. The van der Waals surface area contributed by atoms with E-state index in [9.17, 15) is 13.2 Å². The van der Waals surface area contributed by atoms with Gasteiger partial charge in [0.2, 0.25) is 10.0 Å². The Balaban J connectivity index is 1.70. The molecule has 0 bridgehead atoms. The SMILES string of the molecule is COc1ccc(OC)c(N(Cc2ccc(C(=O)NCCc3ccc(Cl)cc3)cc2)S(C)(=O)=O)c1. The maximum atomic E-state index is 12.6. The predicted octanol–water partition coefficient (Wildman–Crippen LogP) is 4.30. The van der Waals surface area contributed by atoms with Crippen molar-refractivity contribution >= 4 is 33.2 Å². The van der Waals surface area contributed by atoms with Crippen LogP contribution in [-0.2, 0) is 23.0 Å². The lowest BCUT2D eigenvalue weighted by molar-refractivity contribution is 0.0954. The van der Waals surface area contributed by atoms with Crippen molar-refractivity contribution in [3.8, 4) is 11.5 Å². The number of carbonyl (C=O) groups excluding carboxylic acids is 1. The molecule has 0 spiro atoms. The van der Waals surface area contributed by atoms with Gasteiger partial charge in [0.1, 0.15) is 11.5 Å². The minimum atomic E-state index is -3.63. The highest BCUT2D eigenvalue weighted by molar-refractivity contribution is 7.92. The Labute approximate surface area is 205 Å². The molecule has 3 rings (SSSR count). The van der Waals surface area contributed by atoms with Gasteiger partial charge in [0.15, 0.2) is 0 Å². The first-order valence-electron chi connectivity index (χ1n) is 10.5. The van der Waals surface area contributed by atoms with Crippen LogP contribution in [0.25, 0.3) is 0 Å². The van der Waals surface area contributed by atoms with E-state index in [1.807, 2.05) is 24.3 Å². The van der Waals surface area contributed by atoms with Crippen LogP contribution >= 0.6 is 11.6 Å². The average molecular weight is 503 g/mol. The van der Waals surface area contributed by atoms with Crippen molar-refractivity contribution in [2.45, 2.75) is 13.0 Å². The molecule has 0 aliphatic heterocycles. The number of rotatable bonds is 10. The second-order valence-corrected chi connectivity index (χ2v) is 9.98. The summed E-state index contributed by atoms with van der Waals surface area (Å²) in [5.41, 5.74) is 2.65. The van der Waals surface area contributed by atoms with Crippen LogP contribution in [-0.4, -0.2) is 41.3 Å². The van der Waals surface area contributed by atoms with Crippen molar-refractivity contribution in [3.63, 3.8) is 0 Å². The Morgan fingerprint density at radius 1 is 0.941 bits per heavy atom. The molecule has 1 N–H and O–H groups in total. The summed E-state index contributed by atoms with van der Waals surface area (Å²) in [5.74, 6) is 0.716. The van der Waals surface area contributed by atoms with Crippen molar-refractivity contribution in [3.05, 3.63) is 88.4 Å². The Morgan fingerprint density at radius 2 is 1.59 bits per heavy atom. The second kappa shape index (κ2) is 11.3. The number of sulfonamides is 1. The van der Waals surface area contributed by atoms with E-state index < -0.39 is 10.0 Å². The lowest BCUT2D eigenvalue weighted by atomic mass is 10.1. The van der Waals surface area contributed by atoms with Gasteiger partial charge in [0, 0.05) is 23.2 Å². The van der Waals surface area contributed by atoms with Crippen LogP contribution in [0, 0.1) is 0 Å². The first kappa shape index (κ1) is 25.4. The first-order chi connectivity index (χ1) is 16.2. The first-order valence-corrected chi connectivity index (χ1v) is 12.7. The third-order valence-corrected chi connectivity index (χ3v) is 6.59. The molecular weight excluding hydrogens is 476 g/mol. The normalized spacial score (nSPS) is 11.1. The van der Waals surface area contributed by atoms with Crippen molar-refractivity contribution in [2.75, 3.05) is 31.3 Å². The quantitative estimate of drug-likeness (QED) is 0.447. The number of hydrogen-bond donors (Lipinski definition) is 1. The third-order valence-electron chi connectivity index (χ3n) is 5.21. The molecular formula is C25H27ClN2O5S. The van der Waals surface area contributed by atoms with Gasteiger partial charge in [-0.05, 0) is 53.9 Å². The molecule has 180 valence electrons. The summed E-state index contributed by atoms with van der Waals surface area (Å²) in [6.45, 7) is 0.556. The molecule has 0 aliphatic rings. The fourth-order valence-electron chi connectivity index (χ4n) is 3.37. The summed E-state index contributed by atoms with van der Waals surface area (Å²) in [6, 6.07) is 19.3. The number of halogens is 1. The molecule has 9 heteroatoms. The molecule has 34 heavy (non-hydrogen) atoms. The Hall–Kier alpha value is -3.23. The number of methoxy groups -OCH3 is 2. The van der Waals surface area contributed by atoms with E-state index in [2.05, 4.69) is 5.32 Å². The molecule has 0 aliphatic carbocycles. The topological polar surface area (TPSA) is 84.9 Å². The van der Waals surface area contributed by atoms with E-state index >= 15 is 0 Å². The van der Waals surface area contributed by atoms with Gasteiger partial charge in [-0.25, -0.2) is 8.42 Å². The summed E-state index contributed by atoms with van der Waals surface area (Å²) in [5, 5.41) is 3.56. The minimum absolute atomic E-state index is 0.0703. The van der Waals surface area contributed by atoms with E-state index in [0.29, 0.717) is 46.3 Å². The fraction of sp³-hybridized carbons (Fsp3) is 0.240. The van der Waals surface area contributed by atoms with Crippen LogP contribution in [0.4, 0.5) is 5.69 Å². The van der Waals surface area contributed by atoms with Crippen LogP contribution in [0.3, 0.4) is 0 Å². The van der Waals surface area contributed by atoms with Gasteiger partial charge in [-0.1, -0.05) is 35.9 Å². The number of anilines is 1. The zero-order valence-corrected chi connectivity index (χ0v) is 20.8. The van der Waals surface area contributed by atoms with Crippen molar-refractivity contribution in [1.29, 1.82) is 0 Å². The zero-order chi connectivity index (χ0) is 24.7. The third kappa shape index (κ3) is 6.65. The highest BCUT2D eigenvalue weighted by atomic mass is 35.5. The molecule has 0 atom stereocenters. The predicted molar refractivity (Wildman–Crippen MR) is 135 cm³/mol. The summed E-state index contributed by atoms with van der Waals surface area (Å²) >= 11 is 5.89. The van der Waals surface area contributed by atoms with Gasteiger partial charge in [0.05, 0.1) is 32.7 Å². The lowest BCUT2D eigenvalue weighted by Gasteiger charge is -2.25. The molecule has 0 heterocycles. The van der Waals surface area contributed by atoms with Crippen molar-refractivity contribution in [2.24, 2.45) is 0 Å². The number of benzene rings is 3. The fourth-order valence-corrected chi connectivity index (χ4v) is 4.38. The van der Waals surface area contributed by atoms with Crippen LogP contribution < -0.4 is 19.1 Å². The highest BCUT2D eigenvalue weighted by Crippen LogP contribution is 2.34. The van der Waals surface area contributed by atoms with E-state index in [-0.39, 0.29) is 12.5 Å². The van der Waals surface area contributed by atoms with Gasteiger partial charge >= 0.3 is 0 Å². The molecule has 0 fully saturated rings. The summed E-state index contributed by atoms with van der Waals surface area (Å²) in [6.07, 6.45) is 1.82. The average Bonchev–Trinajstić information content (AvgIpc) is 2.83. The molecule has 7 nitrogen and oxygen atoms in total. The van der Waals surface area contributed by atoms with Crippen LogP contribution in [0.2, 0.25) is 5.02 Å². The number of nitrogens with one attached hydrogen (secondary N) is 1. The number of amides is 1. The molecule has 1 amide bonds. The lowest BCUT2D eigenvalue weighted by Crippen LogP contribution is -2.30. The Bertz CT molecular complexity index is 1230. The van der Waals surface area contributed by atoms with Crippen LogP contribution in [0.1, 0.15) is 21.5 Å². The molecule has 0 radical (unpaired) electrons. The molecule has 0 saturated carbocycles. The maximum Gasteiger partial charge on any atom is 0.251 e. The molecule has 3 aromatic rings. The highest BCUT2D eigenvalue weighted by Gasteiger charge is 2.22. The van der Waals surface area contributed by atoms with Gasteiger partial charge in [-0.3, -0.25) is 9.10 Å². The maximum absolute atomic E-state index is 12.6. The van der Waals surface area contributed by atoms with Gasteiger partial charge in [-0.2, -0.15) is 0 Å². The monoisotopic (exact) mass is 502 g/mol. The molecule has 0 aromatic heterocycles. The molecule has 0 unspecified atom stereocenters. The summed E-state index contributed by atoms with van der Waals surface area (Å²) in [4.78, 5) is 12.5. The largest absolute Gasteiger partial charge is 0.497 e. The van der Waals surface area contributed by atoms with Crippen LogP contribution in [0.5, 0.6) is 11.5 Å².